The molecule has 1 aliphatic heterocycles. The minimum absolute atomic E-state index is 0.245. The summed E-state index contributed by atoms with van der Waals surface area (Å²) < 4.78 is 35.5. The molecular weight excluding hydrogens is 244 g/mol. The van der Waals surface area contributed by atoms with Gasteiger partial charge in [0.2, 0.25) is 0 Å². The van der Waals surface area contributed by atoms with Crippen LogP contribution in [0.4, 0.5) is 8.78 Å². The Bertz CT molecular complexity index is 272. The number of hydrogen-bond acceptors (Lipinski definition) is 4. The van der Waals surface area contributed by atoms with Crippen molar-refractivity contribution in [2.75, 3.05) is 26.3 Å². The van der Waals surface area contributed by atoms with Gasteiger partial charge < -0.3 is 14.8 Å². The zero-order chi connectivity index (χ0) is 13.6. The number of nitrogens with one attached hydrogen (secondary N) is 1. The van der Waals surface area contributed by atoms with Gasteiger partial charge in [-0.15, -0.1) is 0 Å². The van der Waals surface area contributed by atoms with E-state index in [4.69, 9.17) is 4.74 Å². The van der Waals surface area contributed by atoms with Gasteiger partial charge in [0, 0.05) is 19.7 Å². The number of cyclic esters (lactones) is 1. The van der Waals surface area contributed by atoms with Crippen molar-refractivity contribution in [2.24, 2.45) is 5.92 Å². The van der Waals surface area contributed by atoms with Crippen molar-refractivity contribution in [3.8, 4) is 0 Å². The molecule has 1 atom stereocenters. The molecule has 1 saturated heterocycles. The molecule has 18 heavy (non-hydrogen) atoms. The summed E-state index contributed by atoms with van der Waals surface area (Å²) >= 11 is 0. The fourth-order valence-corrected chi connectivity index (χ4v) is 1.59. The van der Waals surface area contributed by atoms with E-state index in [-0.39, 0.29) is 6.54 Å². The molecule has 1 unspecified atom stereocenters. The first-order chi connectivity index (χ1) is 8.42. The highest BCUT2D eigenvalue weighted by Crippen LogP contribution is 2.30. The second kappa shape index (κ2) is 6.99. The lowest BCUT2D eigenvalue weighted by atomic mass is 10.1. The molecule has 1 aliphatic rings. The Kier molecular flexibility index (Phi) is 5.95. The third-order valence-electron chi connectivity index (χ3n) is 2.69. The molecule has 0 saturated carbocycles. The second-order valence-corrected chi connectivity index (χ2v) is 4.93. The van der Waals surface area contributed by atoms with Gasteiger partial charge in [0.25, 0.3) is 0 Å². The summed E-state index contributed by atoms with van der Waals surface area (Å²) in [5.41, 5.74) is 0. The fraction of sp³-hybridized carbons (Fsp3) is 0.917. The molecule has 1 N–H and O–H groups in total. The van der Waals surface area contributed by atoms with E-state index in [0.29, 0.717) is 25.7 Å². The van der Waals surface area contributed by atoms with Crippen molar-refractivity contribution in [3.63, 3.8) is 0 Å². The summed E-state index contributed by atoms with van der Waals surface area (Å²) in [5, 5.41) is 2.94. The van der Waals surface area contributed by atoms with E-state index in [1.165, 1.54) is 0 Å². The van der Waals surface area contributed by atoms with Crippen LogP contribution in [-0.2, 0) is 14.3 Å². The van der Waals surface area contributed by atoms with Crippen molar-refractivity contribution in [1.29, 1.82) is 0 Å². The van der Waals surface area contributed by atoms with Crippen LogP contribution in [0.1, 0.15) is 26.7 Å². The van der Waals surface area contributed by atoms with E-state index >= 15 is 0 Å². The van der Waals surface area contributed by atoms with Gasteiger partial charge in [-0.05, 0) is 12.3 Å². The highest BCUT2D eigenvalue weighted by atomic mass is 19.3. The van der Waals surface area contributed by atoms with Gasteiger partial charge in [-0.2, -0.15) is 8.78 Å². The van der Waals surface area contributed by atoms with Gasteiger partial charge >= 0.3 is 11.9 Å². The van der Waals surface area contributed by atoms with Crippen LogP contribution in [0.25, 0.3) is 0 Å². The Morgan fingerprint density at radius 2 is 2.22 bits per heavy atom. The number of rotatable bonds is 8. The lowest BCUT2D eigenvalue weighted by Crippen LogP contribution is -2.29. The van der Waals surface area contributed by atoms with E-state index < -0.39 is 24.4 Å². The Morgan fingerprint density at radius 1 is 1.50 bits per heavy atom. The zero-order valence-electron chi connectivity index (χ0n) is 10.9. The molecule has 1 heterocycles. The Morgan fingerprint density at radius 3 is 2.78 bits per heavy atom. The number of carbonyl (C=O) groups excluding carboxylic acids is 1. The second-order valence-electron chi connectivity index (χ2n) is 4.93. The monoisotopic (exact) mass is 265 g/mol. The van der Waals surface area contributed by atoms with Crippen LogP contribution < -0.4 is 5.32 Å². The maximum atomic E-state index is 12.8. The highest BCUT2D eigenvalue weighted by Gasteiger charge is 2.50. The largest absolute Gasteiger partial charge is 0.456 e. The maximum Gasteiger partial charge on any atom is 0.377 e. The van der Waals surface area contributed by atoms with Crippen molar-refractivity contribution < 1.29 is 23.0 Å². The van der Waals surface area contributed by atoms with Crippen LogP contribution in [0, 0.1) is 5.92 Å². The average Bonchev–Trinajstić information content (AvgIpc) is 2.51. The molecule has 0 bridgehead atoms. The molecule has 106 valence electrons. The number of esters is 1. The molecule has 0 aliphatic carbocycles. The Hall–Kier alpha value is -0.750. The maximum absolute atomic E-state index is 12.8. The first-order valence-electron chi connectivity index (χ1n) is 6.29. The predicted octanol–water partition coefficient (Wildman–Crippen LogP) is 1.59. The number of hydrogen-bond donors (Lipinski definition) is 1. The number of ether oxygens (including phenoxy) is 2. The minimum atomic E-state index is -3.32. The zero-order valence-corrected chi connectivity index (χ0v) is 10.9. The molecule has 0 amide bonds. The van der Waals surface area contributed by atoms with Crippen molar-refractivity contribution >= 4 is 5.97 Å². The Labute approximate surface area is 106 Å². The van der Waals surface area contributed by atoms with E-state index in [9.17, 15) is 13.6 Å². The van der Waals surface area contributed by atoms with Crippen LogP contribution >= 0.6 is 0 Å². The van der Waals surface area contributed by atoms with Crippen LogP contribution in [0.3, 0.4) is 0 Å². The summed E-state index contributed by atoms with van der Waals surface area (Å²) in [7, 11) is 0. The topological polar surface area (TPSA) is 47.6 Å². The number of carbonyl (C=O) groups is 1. The van der Waals surface area contributed by atoms with Gasteiger partial charge in [0.15, 0.2) is 0 Å². The van der Waals surface area contributed by atoms with Gasteiger partial charge in [0.05, 0.1) is 13.0 Å². The third-order valence-corrected chi connectivity index (χ3v) is 2.69. The molecule has 4 nitrogen and oxygen atoms in total. The highest BCUT2D eigenvalue weighted by molar-refractivity contribution is 5.79. The number of alkyl halides is 2. The quantitative estimate of drug-likeness (QED) is 0.535. The van der Waals surface area contributed by atoms with E-state index in [2.05, 4.69) is 23.9 Å². The fourth-order valence-electron chi connectivity index (χ4n) is 1.59. The lowest BCUT2D eigenvalue weighted by Gasteiger charge is -2.10. The summed E-state index contributed by atoms with van der Waals surface area (Å²) in [6.45, 7) is 6.29. The summed E-state index contributed by atoms with van der Waals surface area (Å²) in [6, 6.07) is 0. The average molecular weight is 265 g/mol. The van der Waals surface area contributed by atoms with E-state index in [1.54, 1.807) is 0 Å². The van der Waals surface area contributed by atoms with Crippen LogP contribution in [0.5, 0.6) is 0 Å². The first kappa shape index (κ1) is 15.3. The molecule has 0 aromatic heterocycles. The molecule has 0 aromatic carbocycles. The van der Waals surface area contributed by atoms with E-state index in [0.717, 1.165) is 6.42 Å². The SMILES string of the molecule is CC(C)CCOCCNCC1CC(F)(F)C(=O)O1. The summed E-state index contributed by atoms with van der Waals surface area (Å²) in [4.78, 5) is 10.7. The van der Waals surface area contributed by atoms with Crippen LogP contribution in [0.15, 0.2) is 0 Å². The molecule has 0 radical (unpaired) electrons. The normalized spacial score (nSPS) is 22.5. The number of halogens is 2. The van der Waals surface area contributed by atoms with Crippen molar-refractivity contribution in [3.05, 3.63) is 0 Å². The van der Waals surface area contributed by atoms with Crippen molar-refractivity contribution in [1.82, 2.24) is 5.32 Å². The lowest BCUT2D eigenvalue weighted by molar-refractivity contribution is -0.159. The van der Waals surface area contributed by atoms with Gasteiger partial charge in [0.1, 0.15) is 6.10 Å². The standard InChI is InChI=1S/C12H21F2NO3/c1-9(2)3-5-17-6-4-15-8-10-7-12(13,14)11(16)18-10/h9-10,15H,3-8H2,1-2H3. The van der Waals surface area contributed by atoms with E-state index in [1.807, 2.05) is 0 Å². The predicted molar refractivity (Wildman–Crippen MR) is 62.6 cm³/mol. The Balaban J connectivity index is 1.98. The smallest absolute Gasteiger partial charge is 0.377 e. The first-order valence-corrected chi connectivity index (χ1v) is 6.29. The molecule has 6 heteroatoms. The van der Waals surface area contributed by atoms with Crippen molar-refractivity contribution in [2.45, 2.75) is 38.7 Å². The molecular formula is C12H21F2NO3. The van der Waals surface area contributed by atoms with Gasteiger partial charge in [-0.3, -0.25) is 0 Å². The summed E-state index contributed by atoms with van der Waals surface area (Å²) in [6.07, 6.45) is -0.261. The third kappa shape index (κ3) is 5.27. The molecule has 1 rings (SSSR count). The van der Waals surface area contributed by atoms with Crippen LogP contribution in [0.2, 0.25) is 0 Å². The minimum Gasteiger partial charge on any atom is -0.456 e. The summed E-state index contributed by atoms with van der Waals surface area (Å²) in [5.74, 6) is -4.12. The van der Waals surface area contributed by atoms with Gasteiger partial charge in [-0.1, -0.05) is 13.8 Å². The molecule has 0 aromatic rings. The van der Waals surface area contributed by atoms with Crippen LogP contribution in [-0.4, -0.2) is 44.3 Å². The van der Waals surface area contributed by atoms with Gasteiger partial charge in [-0.25, -0.2) is 4.79 Å². The molecule has 0 spiro atoms. The molecule has 1 fully saturated rings.